The van der Waals surface area contributed by atoms with Gasteiger partial charge in [-0.2, -0.15) is 0 Å². The number of fused-ring (bicyclic) bond motifs is 4. The van der Waals surface area contributed by atoms with Gasteiger partial charge in [-0.25, -0.2) is 9.59 Å². The fraction of sp³-hybridized carbons (Fsp3) is 0.514. The average molecular weight is 661 g/mol. The summed E-state index contributed by atoms with van der Waals surface area (Å²) in [6.07, 6.45) is 9.20. The van der Waals surface area contributed by atoms with E-state index in [1.165, 1.54) is 12.8 Å². The molecule has 4 fully saturated rings. The van der Waals surface area contributed by atoms with Crippen molar-refractivity contribution in [3.63, 3.8) is 0 Å². The van der Waals surface area contributed by atoms with Crippen molar-refractivity contribution < 1.29 is 23.9 Å². The number of halogens is 1. The molecule has 5 aliphatic rings. The SMILES string of the molecule is C#Cc1cc(C[C@@H](OC(=O)N2CCC3(CC2)OC(=O)Nc2ccccc23)C(=O)N2CCN(C3CC4CCC(C3)N4)CC2)cc(Cl)c1N. The Morgan fingerprint density at radius 2 is 1.77 bits per heavy atom. The predicted molar refractivity (Wildman–Crippen MR) is 178 cm³/mol. The molecule has 2 bridgehead atoms. The van der Waals surface area contributed by atoms with Crippen molar-refractivity contribution in [2.24, 2.45) is 0 Å². The molecule has 1 spiro atoms. The maximum atomic E-state index is 14.1. The summed E-state index contributed by atoms with van der Waals surface area (Å²) in [6.45, 7) is 3.30. The van der Waals surface area contributed by atoms with Crippen LogP contribution in [0.1, 0.15) is 55.2 Å². The Bertz CT molecular complexity index is 1580. The minimum atomic E-state index is -1.08. The van der Waals surface area contributed by atoms with Crippen LogP contribution < -0.4 is 16.4 Å². The molecule has 0 saturated carbocycles. The molecule has 3 amide bonds. The third-order valence-electron chi connectivity index (χ3n) is 10.6. The van der Waals surface area contributed by atoms with Crippen LogP contribution in [0, 0.1) is 12.3 Å². The van der Waals surface area contributed by atoms with Gasteiger partial charge in [-0.05, 0) is 49.4 Å². The van der Waals surface area contributed by atoms with E-state index in [1.54, 1.807) is 17.0 Å². The number of hydrogen-bond donors (Lipinski definition) is 3. The Balaban J connectivity index is 1.04. The molecule has 0 aromatic heterocycles. The van der Waals surface area contributed by atoms with E-state index >= 15 is 0 Å². The molecule has 2 aromatic rings. The molecule has 5 heterocycles. The van der Waals surface area contributed by atoms with Crippen molar-refractivity contribution >= 4 is 41.1 Å². The van der Waals surface area contributed by atoms with Crippen LogP contribution in [-0.4, -0.2) is 96.3 Å². The molecule has 5 aliphatic heterocycles. The maximum Gasteiger partial charge on any atom is 0.412 e. The first kappa shape index (κ1) is 31.6. The predicted octanol–water partition coefficient (Wildman–Crippen LogP) is 3.93. The van der Waals surface area contributed by atoms with Gasteiger partial charge in [-0.1, -0.05) is 35.7 Å². The lowest BCUT2D eigenvalue weighted by molar-refractivity contribution is -0.143. The molecule has 0 radical (unpaired) electrons. The van der Waals surface area contributed by atoms with Crippen LogP contribution in [0.4, 0.5) is 21.0 Å². The first-order valence-corrected chi connectivity index (χ1v) is 17.0. The van der Waals surface area contributed by atoms with Gasteiger partial charge >= 0.3 is 12.2 Å². The number of anilines is 2. The van der Waals surface area contributed by atoms with E-state index in [0.717, 1.165) is 31.5 Å². The molecule has 3 atom stereocenters. The Morgan fingerprint density at radius 1 is 1.06 bits per heavy atom. The van der Waals surface area contributed by atoms with Crippen molar-refractivity contribution in [2.45, 2.75) is 74.8 Å². The molecule has 2 aromatic carbocycles. The highest BCUT2D eigenvalue weighted by atomic mass is 35.5. The number of piperazine rings is 1. The lowest BCUT2D eigenvalue weighted by Gasteiger charge is -2.44. The number of likely N-dealkylation sites (tertiary alicyclic amines) is 1. The zero-order valence-electron chi connectivity index (χ0n) is 26.4. The molecule has 11 nitrogen and oxygen atoms in total. The number of nitrogen functional groups attached to an aromatic ring is 1. The Morgan fingerprint density at radius 3 is 2.47 bits per heavy atom. The van der Waals surface area contributed by atoms with Gasteiger partial charge in [-0.3, -0.25) is 15.0 Å². The van der Waals surface area contributed by atoms with E-state index in [2.05, 4.69) is 21.5 Å². The summed E-state index contributed by atoms with van der Waals surface area (Å²) in [5, 5.41) is 6.76. The largest absolute Gasteiger partial charge is 0.438 e. The highest BCUT2D eigenvalue weighted by Gasteiger charge is 2.46. The molecule has 7 rings (SSSR count). The number of terminal acetylenes is 1. The van der Waals surface area contributed by atoms with Crippen molar-refractivity contribution in [1.29, 1.82) is 0 Å². The number of rotatable bonds is 5. The number of para-hydroxylation sites is 1. The summed E-state index contributed by atoms with van der Waals surface area (Å²) in [7, 11) is 0. The lowest BCUT2D eigenvalue weighted by Crippen LogP contribution is -2.57. The first-order chi connectivity index (χ1) is 22.7. The second-order valence-corrected chi connectivity index (χ2v) is 13.8. The van der Waals surface area contributed by atoms with Crippen LogP contribution in [0.15, 0.2) is 36.4 Å². The van der Waals surface area contributed by atoms with E-state index in [-0.39, 0.29) is 17.4 Å². The molecule has 2 unspecified atom stereocenters. The van der Waals surface area contributed by atoms with E-state index in [0.29, 0.717) is 79.6 Å². The van der Waals surface area contributed by atoms with Crippen molar-refractivity contribution in [2.75, 3.05) is 50.3 Å². The van der Waals surface area contributed by atoms with Crippen LogP contribution in [0.3, 0.4) is 0 Å². The molecule has 0 aliphatic carbocycles. The van der Waals surface area contributed by atoms with E-state index in [9.17, 15) is 14.4 Å². The smallest absolute Gasteiger partial charge is 0.412 e. The molecule has 248 valence electrons. The number of nitrogens with one attached hydrogen (secondary N) is 2. The third-order valence-corrected chi connectivity index (χ3v) is 11.0. The van der Waals surface area contributed by atoms with Crippen LogP contribution in [-0.2, 0) is 26.3 Å². The van der Waals surface area contributed by atoms with Gasteiger partial charge < -0.3 is 30.3 Å². The highest BCUT2D eigenvalue weighted by molar-refractivity contribution is 6.33. The van der Waals surface area contributed by atoms with E-state index in [4.69, 9.17) is 33.2 Å². The van der Waals surface area contributed by atoms with Gasteiger partial charge in [0, 0.05) is 87.8 Å². The Labute approximate surface area is 280 Å². The summed E-state index contributed by atoms with van der Waals surface area (Å²) >= 11 is 6.39. The number of nitrogens with two attached hydrogens (primary N) is 1. The Kier molecular flexibility index (Phi) is 8.68. The summed E-state index contributed by atoms with van der Waals surface area (Å²) in [5.74, 6) is 2.31. The number of carbonyl (C=O) groups is 3. The molecular weight excluding hydrogens is 620 g/mol. The van der Waals surface area contributed by atoms with Gasteiger partial charge in [0.15, 0.2) is 6.10 Å². The van der Waals surface area contributed by atoms with Crippen molar-refractivity contribution in [1.82, 2.24) is 20.0 Å². The molecule has 4 N–H and O–H groups in total. The summed E-state index contributed by atoms with van der Waals surface area (Å²) < 4.78 is 11.8. The van der Waals surface area contributed by atoms with Gasteiger partial charge in [0.1, 0.15) is 5.60 Å². The van der Waals surface area contributed by atoms with Gasteiger partial charge in [-0.15, -0.1) is 6.42 Å². The minimum absolute atomic E-state index is 0.103. The second-order valence-electron chi connectivity index (χ2n) is 13.4. The number of carbonyl (C=O) groups excluding carboxylic acids is 3. The third kappa shape index (κ3) is 6.34. The number of ether oxygens (including phenoxy) is 2. The molecule has 12 heteroatoms. The normalized spacial score (nSPS) is 25.7. The number of piperidine rings is 2. The maximum absolute atomic E-state index is 14.1. The summed E-state index contributed by atoms with van der Waals surface area (Å²) in [4.78, 5) is 46.0. The number of benzene rings is 2. The standard InChI is InChI=1S/C35H41ClN6O5/c1-2-23-17-22(18-28(36)31(23)37)19-30(32(43)41-15-13-40(14-16-41)26-20-24-7-8-25(21-26)38-24)46-34(45)42-11-9-35(10-12-42)27-5-3-4-6-29(27)39-33(44)47-35/h1,3-6,17-18,24-26,30,38H,7-16,19-21,37H2,(H,39,44)/t24?,25?,26?,30-/m1/s1. The average Bonchev–Trinajstić information content (AvgIpc) is 3.42. The van der Waals surface area contributed by atoms with Crippen molar-refractivity contribution in [3.8, 4) is 12.3 Å². The zero-order chi connectivity index (χ0) is 32.7. The van der Waals surface area contributed by atoms with E-state index in [1.807, 2.05) is 29.2 Å². The summed E-state index contributed by atoms with van der Waals surface area (Å²) in [5.41, 5.74) is 8.20. The van der Waals surface area contributed by atoms with Gasteiger partial charge in [0.2, 0.25) is 0 Å². The second kappa shape index (κ2) is 12.9. The zero-order valence-corrected chi connectivity index (χ0v) is 27.1. The van der Waals surface area contributed by atoms with Crippen LogP contribution in [0.2, 0.25) is 5.02 Å². The molecule has 4 saturated heterocycles. The van der Waals surface area contributed by atoms with Gasteiger partial charge in [0.25, 0.3) is 5.91 Å². The number of hydrogen-bond acceptors (Lipinski definition) is 8. The molecular formula is C35H41ClN6O5. The van der Waals surface area contributed by atoms with Crippen molar-refractivity contribution in [3.05, 3.63) is 58.1 Å². The topological polar surface area (TPSA) is 129 Å². The van der Waals surface area contributed by atoms with Crippen LogP contribution in [0.25, 0.3) is 0 Å². The van der Waals surface area contributed by atoms with Crippen LogP contribution >= 0.6 is 11.6 Å². The lowest BCUT2D eigenvalue weighted by atomic mass is 9.82. The first-order valence-electron chi connectivity index (χ1n) is 16.6. The molecule has 47 heavy (non-hydrogen) atoms. The van der Waals surface area contributed by atoms with E-state index < -0.39 is 23.9 Å². The monoisotopic (exact) mass is 660 g/mol. The van der Waals surface area contributed by atoms with Gasteiger partial charge in [0.05, 0.1) is 16.4 Å². The number of nitrogens with zero attached hydrogens (tertiary/aromatic N) is 3. The highest BCUT2D eigenvalue weighted by Crippen LogP contribution is 2.43. The fourth-order valence-corrected chi connectivity index (χ4v) is 8.36. The number of amides is 3. The minimum Gasteiger partial charge on any atom is -0.438 e. The fourth-order valence-electron chi connectivity index (χ4n) is 8.12. The quantitative estimate of drug-likeness (QED) is 0.325. The summed E-state index contributed by atoms with van der Waals surface area (Å²) in [6, 6.07) is 12.7. The van der Waals surface area contributed by atoms with Crippen LogP contribution in [0.5, 0.6) is 0 Å². The Hall–Kier alpha value is -3.98.